The Labute approximate surface area is 146 Å². The molecule has 4 heterocycles. The standard InChI is InChI=1S/C13H10ClF3N6.C2H6/c1-22-5-7(3-20-22)12(13(15,16)17)6-19-8-4-18-10-2-9(14)21-23(10)11(8)12;1-2/h2-5,19H,6H2,1H3;1-2H3. The van der Waals surface area contributed by atoms with Gasteiger partial charge in [-0.2, -0.15) is 23.4 Å². The fraction of sp³-hybridized carbons (Fsp3) is 0.400. The molecule has 0 aliphatic carbocycles. The maximum atomic E-state index is 14.2. The Bertz CT molecular complexity index is 916. The van der Waals surface area contributed by atoms with Gasteiger partial charge in [0.1, 0.15) is 0 Å². The van der Waals surface area contributed by atoms with Gasteiger partial charge in [-0.3, -0.25) is 4.68 Å². The van der Waals surface area contributed by atoms with Gasteiger partial charge in [0, 0.05) is 31.4 Å². The molecule has 0 saturated heterocycles. The van der Waals surface area contributed by atoms with E-state index in [-0.39, 0.29) is 34.3 Å². The number of nitrogens with one attached hydrogen (secondary N) is 1. The van der Waals surface area contributed by atoms with Crippen molar-refractivity contribution in [3.63, 3.8) is 0 Å². The third kappa shape index (κ3) is 2.45. The van der Waals surface area contributed by atoms with Crippen molar-refractivity contribution in [2.24, 2.45) is 7.05 Å². The second-order valence-corrected chi connectivity index (χ2v) is 5.80. The zero-order chi connectivity index (χ0) is 18.4. The van der Waals surface area contributed by atoms with Gasteiger partial charge in [-0.25, -0.2) is 9.50 Å². The molecule has 6 nitrogen and oxygen atoms in total. The van der Waals surface area contributed by atoms with Gasteiger partial charge in [-0.1, -0.05) is 25.4 Å². The minimum Gasteiger partial charge on any atom is -0.381 e. The Hall–Kier alpha value is -2.29. The molecule has 3 aromatic rings. The Morgan fingerprint density at radius 1 is 1.28 bits per heavy atom. The molecule has 1 atom stereocenters. The van der Waals surface area contributed by atoms with Gasteiger partial charge in [0.25, 0.3) is 0 Å². The molecule has 1 aliphatic heterocycles. The van der Waals surface area contributed by atoms with Crippen LogP contribution in [-0.4, -0.2) is 37.1 Å². The van der Waals surface area contributed by atoms with E-state index in [1.807, 2.05) is 13.8 Å². The van der Waals surface area contributed by atoms with Gasteiger partial charge in [-0.05, 0) is 0 Å². The maximum Gasteiger partial charge on any atom is 0.405 e. The quantitative estimate of drug-likeness (QED) is 0.711. The van der Waals surface area contributed by atoms with Crippen LogP contribution in [0.5, 0.6) is 0 Å². The summed E-state index contributed by atoms with van der Waals surface area (Å²) >= 11 is 5.85. The lowest BCUT2D eigenvalue weighted by molar-refractivity contribution is -0.174. The Balaban J connectivity index is 0.000000880. The van der Waals surface area contributed by atoms with Gasteiger partial charge in [-0.15, -0.1) is 0 Å². The number of rotatable bonds is 1. The number of halogens is 4. The molecule has 0 saturated carbocycles. The molecule has 0 radical (unpaired) electrons. The molecule has 0 amide bonds. The molecule has 0 bridgehead atoms. The largest absolute Gasteiger partial charge is 0.405 e. The van der Waals surface area contributed by atoms with Crippen LogP contribution in [0.3, 0.4) is 0 Å². The van der Waals surface area contributed by atoms with E-state index in [4.69, 9.17) is 11.6 Å². The summed E-state index contributed by atoms with van der Waals surface area (Å²) in [6.45, 7) is 3.65. The lowest BCUT2D eigenvalue weighted by Gasteiger charge is -2.30. The predicted molar refractivity (Wildman–Crippen MR) is 87.9 cm³/mol. The minimum absolute atomic E-state index is 0.0325. The zero-order valence-corrected chi connectivity index (χ0v) is 14.5. The van der Waals surface area contributed by atoms with Crippen LogP contribution in [-0.2, 0) is 12.5 Å². The lowest BCUT2D eigenvalue weighted by Crippen LogP contribution is -2.46. The van der Waals surface area contributed by atoms with Gasteiger partial charge in [0.2, 0.25) is 0 Å². The average Bonchev–Trinajstić information content (AvgIpc) is 3.23. The first-order valence-electron chi connectivity index (χ1n) is 7.67. The van der Waals surface area contributed by atoms with Crippen molar-refractivity contribution in [1.82, 2.24) is 24.4 Å². The highest BCUT2D eigenvalue weighted by Crippen LogP contribution is 2.51. The fourth-order valence-corrected chi connectivity index (χ4v) is 3.21. The molecular weight excluding hydrogens is 357 g/mol. The summed E-state index contributed by atoms with van der Waals surface area (Å²) in [4.78, 5) is 4.09. The smallest absolute Gasteiger partial charge is 0.381 e. The first-order chi connectivity index (χ1) is 11.8. The maximum absolute atomic E-state index is 14.2. The van der Waals surface area contributed by atoms with Crippen molar-refractivity contribution in [3.05, 3.63) is 41.1 Å². The normalized spacial score (nSPS) is 19.3. The zero-order valence-electron chi connectivity index (χ0n) is 13.8. The summed E-state index contributed by atoms with van der Waals surface area (Å²) < 4.78 is 45.0. The van der Waals surface area contributed by atoms with Crippen LogP contribution < -0.4 is 5.32 Å². The van der Waals surface area contributed by atoms with E-state index in [9.17, 15) is 13.2 Å². The van der Waals surface area contributed by atoms with Gasteiger partial charge in [0.05, 0.1) is 23.8 Å². The molecular formula is C15H16ClF3N6. The molecule has 25 heavy (non-hydrogen) atoms. The van der Waals surface area contributed by atoms with Crippen molar-refractivity contribution in [2.75, 3.05) is 11.9 Å². The molecule has 1 aliphatic rings. The van der Waals surface area contributed by atoms with Crippen LogP contribution in [0.15, 0.2) is 24.7 Å². The highest BCUT2D eigenvalue weighted by atomic mass is 35.5. The second-order valence-electron chi connectivity index (χ2n) is 5.42. The predicted octanol–water partition coefficient (Wildman–Crippen LogP) is 3.42. The lowest BCUT2D eigenvalue weighted by atomic mass is 9.79. The minimum atomic E-state index is -4.55. The van der Waals surface area contributed by atoms with E-state index < -0.39 is 11.6 Å². The first-order valence-corrected chi connectivity index (χ1v) is 8.05. The van der Waals surface area contributed by atoms with Gasteiger partial charge >= 0.3 is 6.18 Å². The number of nitrogens with zero attached hydrogens (tertiary/aromatic N) is 5. The summed E-state index contributed by atoms with van der Waals surface area (Å²) in [7, 11) is 1.57. The number of hydrogen-bond donors (Lipinski definition) is 1. The molecule has 0 aromatic carbocycles. The first kappa shape index (κ1) is 17.5. The monoisotopic (exact) mass is 372 g/mol. The number of aromatic nitrogens is 5. The summed E-state index contributed by atoms with van der Waals surface area (Å²) in [6, 6.07) is 1.42. The molecule has 4 rings (SSSR count). The summed E-state index contributed by atoms with van der Waals surface area (Å²) in [5.41, 5.74) is -1.73. The van der Waals surface area contributed by atoms with E-state index in [2.05, 4.69) is 20.5 Å². The van der Waals surface area contributed by atoms with Crippen LogP contribution in [0.25, 0.3) is 5.65 Å². The van der Waals surface area contributed by atoms with E-state index >= 15 is 0 Å². The second kappa shape index (κ2) is 5.91. The number of anilines is 1. The van der Waals surface area contributed by atoms with Crippen LogP contribution in [0, 0.1) is 0 Å². The molecule has 1 unspecified atom stereocenters. The van der Waals surface area contributed by atoms with Crippen molar-refractivity contribution in [1.29, 1.82) is 0 Å². The van der Waals surface area contributed by atoms with E-state index in [1.165, 1.54) is 29.3 Å². The SMILES string of the molecule is CC.Cn1cc(C2(C(F)(F)F)CNc3cnc4cc(Cl)nn4c32)cn1. The molecule has 0 fully saturated rings. The molecule has 3 aromatic heterocycles. The summed E-state index contributed by atoms with van der Waals surface area (Å²) in [6.07, 6.45) is -0.600. The van der Waals surface area contributed by atoms with E-state index in [0.29, 0.717) is 0 Å². The molecule has 0 spiro atoms. The number of alkyl halides is 3. The van der Waals surface area contributed by atoms with Crippen molar-refractivity contribution in [2.45, 2.75) is 25.4 Å². The van der Waals surface area contributed by atoms with Crippen LogP contribution in [0.2, 0.25) is 5.15 Å². The molecule has 134 valence electrons. The third-order valence-electron chi connectivity index (χ3n) is 4.08. The van der Waals surface area contributed by atoms with Crippen molar-refractivity contribution in [3.8, 4) is 0 Å². The Morgan fingerprint density at radius 2 is 2.00 bits per heavy atom. The third-order valence-corrected chi connectivity index (χ3v) is 4.27. The average molecular weight is 373 g/mol. The topological polar surface area (TPSA) is 60.0 Å². The summed E-state index contributed by atoms with van der Waals surface area (Å²) in [5.74, 6) is 0. The number of aryl methyl sites for hydroxylation is 1. The fourth-order valence-electron chi connectivity index (χ4n) is 3.04. The number of fused-ring (bicyclic) bond motifs is 3. The van der Waals surface area contributed by atoms with Gasteiger partial charge in [0.15, 0.2) is 16.2 Å². The van der Waals surface area contributed by atoms with Crippen molar-refractivity contribution >= 4 is 22.9 Å². The van der Waals surface area contributed by atoms with Gasteiger partial charge < -0.3 is 5.32 Å². The van der Waals surface area contributed by atoms with Crippen LogP contribution in [0.4, 0.5) is 18.9 Å². The number of hydrogen-bond acceptors (Lipinski definition) is 4. The highest BCUT2D eigenvalue weighted by molar-refractivity contribution is 6.29. The molecule has 10 heteroatoms. The highest BCUT2D eigenvalue weighted by Gasteiger charge is 2.62. The Morgan fingerprint density at radius 3 is 2.60 bits per heavy atom. The van der Waals surface area contributed by atoms with E-state index in [1.54, 1.807) is 7.05 Å². The van der Waals surface area contributed by atoms with E-state index in [0.717, 1.165) is 4.52 Å². The summed E-state index contributed by atoms with van der Waals surface area (Å²) in [5, 5.41) is 10.7. The van der Waals surface area contributed by atoms with Crippen molar-refractivity contribution < 1.29 is 13.2 Å². The molecule has 1 N–H and O–H groups in total. The van der Waals surface area contributed by atoms with Crippen LogP contribution in [0.1, 0.15) is 25.1 Å². The Kier molecular flexibility index (Phi) is 4.14. The van der Waals surface area contributed by atoms with Crippen LogP contribution >= 0.6 is 11.6 Å².